The minimum Gasteiger partial charge on any atom is -0.493 e. The summed E-state index contributed by atoms with van der Waals surface area (Å²) in [6.07, 6.45) is -0.153. The molecule has 0 unspecified atom stereocenters. The molecule has 0 saturated carbocycles. The number of amides is 1. The van der Waals surface area contributed by atoms with Crippen LogP contribution in [0.25, 0.3) is 10.2 Å². The van der Waals surface area contributed by atoms with E-state index < -0.39 is 15.7 Å². The third-order valence-electron chi connectivity index (χ3n) is 3.84. The van der Waals surface area contributed by atoms with E-state index in [9.17, 15) is 13.2 Å². The molecule has 1 heterocycles. The summed E-state index contributed by atoms with van der Waals surface area (Å²) in [5.74, 6) is 0.435. The summed E-state index contributed by atoms with van der Waals surface area (Å²) in [6.45, 7) is 0. The van der Waals surface area contributed by atoms with Gasteiger partial charge in [0.1, 0.15) is 0 Å². The first-order chi connectivity index (χ1) is 12.9. The van der Waals surface area contributed by atoms with Crippen LogP contribution in [0, 0.1) is 0 Å². The Kier molecular flexibility index (Phi) is 5.62. The monoisotopic (exact) mass is 406 g/mol. The minimum atomic E-state index is -3.50. The first kappa shape index (κ1) is 19.1. The average Bonchev–Trinajstić information content (AvgIpc) is 3.07. The van der Waals surface area contributed by atoms with Crippen LogP contribution < -0.4 is 14.8 Å². The van der Waals surface area contributed by atoms with E-state index in [1.165, 1.54) is 30.6 Å². The lowest BCUT2D eigenvalue weighted by Crippen LogP contribution is -2.17. The number of sulfone groups is 1. The van der Waals surface area contributed by atoms with Crippen molar-refractivity contribution in [1.29, 1.82) is 0 Å². The molecule has 9 heteroatoms. The Morgan fingerprint density at radius 2 is 1.78 bits per heavy atom. The molecule has 1 N–H and O–H groups in total. The predicted octanol–water partition coefficient (Wildman–Crippen LogP) is 3.12. The zero-order valence-corrected chi connectivity index (χ0v) is 16.4. The predicted molar refractivity (Wildman–Crippen MR) is 104 cm³/mol. The third-order valence-corrected chi connectivity index (χ3v) is 6.51. The van der Waals surface area contributed by atoms with Crippen LogP contribution in [0.3, 0.4) is 0 Å². The number of anilines is 1. The normalized spacial score (nSPS) is 11.3. The molecule has 0 aliphatic rings. The van der Waals surface area contributed by atoms with E-state index in [0.717, 1.165) is 4.70 Å². The van der Waals surface area contributed by atoms with Crippen molar-refractivity contribution >= 4 is 42.4 Å². The molecule has 0 bridgehead atoms. The van der Waals surface area contributed by atoms with Crippen LogP contribution in [0.15, 0.2) is 47.4 Å². The Balaban J connectivity index is 1.69. The Morgan fingerprint density at radius 1 is 1.11 bits per heavy atom. The lowest BCUT2D eigenvalue weighted by Gasteiger charge is -2.05. The maximum absolute atomic E-state index is 12.3. The van der Waals surface area contributed by atoms with Gasteiger partial charge < -0.3 is 14.8 Å². The second-order valence-corrected chi connectivity index (χ2v) is 8.76. The number of carbonyl (C=O) groups is 1. The van der Waals surface area contributed by atoms with Gasteiger partial charge in [-0.3, -0.25) is 4.79 Å². The number of ether oxygens (including phenoxy) is 2. The summed E-state index contributed by atoms with van der Waals surface area (Å²) >= 11 is 1.28. The fourth-order valence-electron chi connectivity index (χ4n) is 2.46. The van der Waals surface area contributed by atoms with Crippen molar-refractivity contribution in [3.63, 3.8) is 0 Å². The smallest absolute Gasteiger partial charge is 0.227 e. The van der Waals surface area contributed by atoms with Crippen LogP contribution in [-0.2, 0) is 14.6 Å². The molecule has 0 radical (unpaired) electrons. The number of nitrogens with one attached hydrogen (secondary N) is 1. The fourth-order valence-corrected chi connectivity index (χ4v) is 4.62. The highest BCUT2D eigenvalue weighted by atomic mass is 32.2. The molecule has 0 fully saturated rings. The SMILES string of the molecule is COc1cc2nc(NC(=O)CCS(=O)(=O)c3ccccc3)sc2cc1OC. The quantitative estimate of drug-likeness (QED) is 0.648. The molecule has 0 atom stereocenters. The van der Waals surface area contributed by atoms with Crippen LogP contribution in [0.2, 0.25) is 0 Å². The van der Waals surface area contributed by atoms with Crippen molar-refractivity contribution in [2.75, 3.05) is 25.3 Å². The first-order valence-corrected chi connectivity index (χ1v) is 10.5. The molecule has 7 nitrogen and oxygen atoms in total. The van der Waals surface area contributed by atoms with Gasteiger partial charge in [-0.1, -0.05) is 29.5 Å². The number of hydrogen-bond acceptors (Lipinski definition) is 7. The first-order valence-electron chi connectivity index (χ1n) is 8.03. The number of hydrogen-bond donors (Lipinski definition) is 1. The highest BCUT2D eigenvalue weighted by Gasteiger charge is 2.17. The van der Waals surface area contributed by atoms with E-state index in [0.29, 0.717) is 22.1 Å². The van der Waals surface area contributed by atoms with Crippen LogP contribution in [0.1, 0.15) is 6.42 Å². The van der Waals surface area contributed by atoms with E-state index in [2.05, 4.69) is 10.3 Å². The van der Waals surface area contributed by atoms with Crippen LogP contribution in [0.5, 0.6) is 11.5 Å². The molecule has 1 aromatic heterocycles. The lowest BCUT2D eigenvalue weighted by atomic mass is 10.3. The van der Waals surface area contributed by atoms with Gasteiger partial charge in [0.15, 0.2) is 26.5 Å². The number of fused-ring (bicyclic) bond motifs is 1. The molecule has 0 aliphatic heterocycles. The topological polar surface area (TPSA) is 94.6 Å². The van der Waals surface area contributed by atoms with E-state index >= 15 is 0 Å². The van der Waals surface area contributed by atoms with Crippen molar-refractivity contribution in [2.45, 2.75) is 11.3 Å². The lowest BCUT2D eigenvalue weighted by molar-refractivity contribution is -0.115. The molecule has 3 rings (SSSR count). The Bertz CT molecular complexity index is 1020. The standard InChI is InChI=1S/C18H18N2O5S2/c1-24-14-10-13-16(11-15(14)25-2)26-18(19-13)20-17(21)8-9-27(22,23)12-6-4-3-5-7-12/h3-7,10-11H,8-9H2,1-2H3,(H,19,20,21). The van der Waals surface area contributed by atoms with Crippen molar-refractivity contribution in [3.05, 3.63) is 42.5 Å². The van der Waals surface area contributed by atoms with Crippen LogP contribution in [-0.4, -0.2) is 39.3 Å². The maximum atomic E-state index is 12.3. The molecule has 0 saturated heterocycles. The molecule has 3 aromatic rings. The van der Waals surface area contributed by atoms with Crippen molar-refractivity contribution in [3.8, 4) is 11.5 Å². The highest BCUT2D eigenvalue weighted by molar-refractivity contribution is 7.91. The van der Waals surface area contributed by atoms with Gasteiger partial charge in [-0.2, -0.15) is 0 Å². The molecular formula is C18H18N2O5S2. The summed E-state index contributed by atoms with van der Waals surface area (Å²) < 4.78 is 35.8. The number of benzene rings is 2. The van der Waals surface area contributed by atoms with Gasteiger partial charge in [-0.25, -0.2) is 13.4 Å². The second kappa shape index (κ2) is 7.93. The maximum Gasteiger partial charge on any atom is 0.227 e. The zero-order valence-electron chi connectivity index (χ0n) is 14.8. The van der Waals surface area contributed by atoms with Crippen molar-refractivity contribution in [2.24, 2.45) is 0 Å². The molecule has 142 valence electrons. The van der Waals surface area contributed by atoms with E-state index in [-0.39, 0.29) is 17.1 Å². The molecule has 0 aliphatic carbocycles. The molecule has 2 aromatic carbocycles. The summed E-state index contributed by atoms with van der Waals surface area (Å²) in [5.41, 5.74) is 0.657. The van der Waals surface area contributed by atoms with Gasteiger partial charge >= 0.3 is 0 Å². The van der Waals surface area contributed by atoms with Crippen molar-refractivity contribution in [1.82, 2.24) is 4.98 Å². The Hall–Kier alpha value is -2.65. The largest absolute Gasteiger partial charge is 0.493 e. The van der Waals surface area contributed by atoms with Gasteiger partial charge in [-0.05, 0) is 12.1 Å². The number of thiazole rings is 1. The van der Waals surface area contributed by atoms with Gasteiger partial charge in [-0.15, -0.1) is 0 Å². The van der Waals surface area contributed by atoms with Gasteiger partial charge in [0, 0.05) is 18.6 Å². The van der Waals surface area contributed by atoms with Crippen molar-refractivity contribution < 1.29 is 22.7 Å². The molecule has 27 heavy (non-hydrogen) atoms. The molecule has 0 spiro atoms. The Morgan fingerprint density at radius 3 is 2.44 bits per heavy atom. The molecular weight excluding hydrogens is 388 g/mol. The number of rotatable bonds is 7. The van der Waals surface area contributed by atoms with E-state index in [4.69, 9.17) is 9.47 Å². The second-order valence-electron chi connectivity index (χ2n) is 5.62. The Labute approximate surface area is 160 Å². The zero-order chi connectivity index (χ0) is 19.4. The van der Waals surface area contributed by atoms with Gasteiger partial charge in [0.2, 0.25) is 5.91 Å². The van der Waals surface area contributed by atoms with E-state index in [1.807, 2.05) is 0 Å². The number of nitrogens with zero attached hydrogens (tertiary/aromatic N) is 1. The van der Waals surface area contributed by atoms with E-state index in [1.54, 1.807) is 37.4 Å². The summed E-state index contributed by atoms with van der Waals surface area (Å²) in [5, 5.41) is 3.04. The van der Waals surface area contributed by atoms with Crippen LogP contribution in [0.4, 0.5) is 5.13 Å². The summed E-state index contributed by atoms with van der Waals surface area (Å²) in [6, 6.07) is 11.6. The fraction of sp³-hybridized carbons (Fsp3) is 0.222. The van der Waals surface area contributed by atoms with Gasteiger partial charge in [0.25, 0.3) is 0 Å². The third kappa shape index (κ3) is 4.37. The summed E-state index contributed by atoms with van der Waals surface area (Å²) in [4.78, 5) is 16.7. The average molecular weight is 406 g/mol. The summed E-state index contributed by atoms with van der Waals surface area (Å²) in [7, 11) is -0.425. The molecule has 1 amide bonds. The number of methoxy groups -OCH3 is 2. The number of aromatic nitrogens is 1. The van der Waals surface area contributed by atoms with Gasteiger partial charge in [0.05, 0.1) is 35.1 Å². The minimum absolute atomic E-state index is 0.153. The van der Waals surface area contributed by atoms with Crippen LogP contribution >= 0.6 is 11.3 Å². The number of carbonyl (C=O) groups excluding carboxylic acids is 1. The highest BCUT2D eigenvalue weighted by Crippen LogP contribution is 2.36.